The first-order valence-corrected chi connectivity index (χ1v) is 9.39. The number of methoxy groups -OCH3 is 1. The highest BCUT2D eigenvalue weighted by Gasteiger charge is 2.25. The number of hydrogen-bond acceptors (Lipinski definition) is 5. The summed E-state index contributed by atoms with van der Waals surface area (Å²) in [5, 5.41) is 9.72. The van der Waals surface area contributed by atoms with Crippen LogP contribution in [0.15, 0.2) is 48.7 Å². The SMILES string of the molecule is [2H]C([2H])([2H])Oc1c(Cl)cc(C(C)(C)c2ccc(OCc3ccnc(Cl)n3)cc2)cc1C#N. The lowest BCUT2D eigenvalue weighted by atomic mass is 9.77. The Labute approximate surface area is 184 Å². The van der Waals surface area contributed by atoms with E-state index in [-0.39, 0.29) is 28.2 Å². The van der Waals surface area contributed by atoms with Crippen LogP contribution in [0.1, 0.15) is 40.3 Å². The van der Waals surface area contributed by atoms with Gasteiger partial charge in [-0.2, -0.15) is 5.26 Å². The minimum atomic E-state index is -2.71. The molecule has 0 aliphatic rings. The molecule has 2 aromatic carbocycles. The van der Waals surface area contributed by atoms with Gasteiger partial charge in [-0.3, -0.25) is 0 Å². The number of halogens is 2. The van der Waals surface area contributed by atoms with Gasteiger partial charge in [-0.15, -0.1) is 0 Å². The zero-order valence-electron chi connectivity index (χ0n) is 18.7. The first kappa shape index (κ1) is 17.1. The highest BCUT2D eigenvalue weighted by molar-refractivity contribution is 6.32. The van der Waals surface area contributed by atoms with E-state index in [1.54, 1.807) is 24.4 Å². The Morgan fingerprint density at radius 2 is 1.90 bits per heavy atom. The first-order chi connectivity index (χ1) is 15.0. The number of benzene rings is 2. The summed E-state index contributed by atoms with van der Waals surface area (Å²) in [6.45, 7) is 4.20. The van der Waals surface area contributed by atoms with Crippen LogP contribution in [0, 0.1) is 11.3 Å². The predicted molar refractivity (Wildman–Crippen MR) is 113 cm³/mol. The van der Waals surface area contributed by atoms with Crippen molar-refractivity contribution in [3.05, 3.63) is 81.4 Å². The average molecular weight is 431 g/mol. The van der Waals surface area contributed by atoms with Crippen molar-refractivity contribution in [3.8, 4) is 17.6 Å². The van der Waals surface area contributed by atoms with E-state index in [2.05, 4.69) is 9.97 Å². The molecular weight excluding hydrogens is 409 g/mol. The fourth-order valence-electron chi connectivity index (χ4n) is 2.88. The summed E-state index contributed by atoms with van der Waals surface area (Å²) in [7, 11) is -2.71. The normalized spacial score (nSPS) is 13.0. The van der Waals surface area contributed by atoms with Crippen LogP contribution in [0.4, 0.5) is 0 Å². The van der Waals surface area contributed by atoms with Crippen molar-refractivity contribution in [2.75, 3.05) is 7.04 Å². The Morgan fingerprint density at radius 3 is 2.55 bits per heavy atom. The maximum Gasteiger partial charge on any atom is 0.222 e. The molecule has 3 rings (SSSR count). The van der Waals surface area contributed by atoms with Gasteiger partial charge in [0.2, 0.25) is 5.28 Å². The molecule has 5 nitrogen and oxygen atoms in total. The predicted octanol–water partition coefficient (Wildman–Crippen LogP) is 5.57. The lowest BCUT2D eigenvalue weighted by Gasteiger charge is -2.27. The maximum atomic E-state index is 9.50. The number of rotatable bonds is 6. The molecule has 7 heteroatoms. The number of ether oxygens (including phenoxy) is 2. The van der Waals surface area contributed by atoms with Crippen LogP contribution in [-0.2, 0) is 12.0 Å². The third-order valence-corrected chi connectivity index (χ3v) is 5.10. The molecule has 0 fully saturated rings. The number of nitriles is 1. The number of nitrogens with zero attached hydrogens (tertiary/aromatic N) is 3. The Bertz CT molecular complexity index is 1160. The van der Waals surface area contributed by atoms with E-state index in [0.717, 1.165) is 11.1 Å². The highest BCUT2D eigenvalue weighted by atomic mass is 35.5. The molecule has 0 aliphatic carbocycles. The molecule has 0 amide bonds. The standard InChI is InChI=1S/C22H19Cl2N3O2/c1-22(2,16-10-14(12-25)20(28-3)19(23)11-16)15-4-6-18(7-5-15)29-13-17-8-9-26-21(24)27-17/h4-11H,13H2,1-3H3/i3D3. The van der Waals surface area contributed by atoms with Crippen LogP contribution in [0.5, 0.6) is 11.5 Å². The molecule has 0 spiro atoms. The molecule has 0 bridgehead atoms. The second kappa shape index (κ2) is 8.69. The van der Waals surface area contributed by atoms with Crippen LogP contribution in [0.25, 0.3) is 0 Å². The zero-order chi connectivity index (χ0) is 23.5. The van der Waals surface area contributed by atoms with E-state index in [0.29, 0.717) is 11.4 Å². The second-order valence-electron chi connectivity index (χ2n) is 6.80. The summed E-state index contributed by atoms with van der Waals surface area (Å²) >= 11 is 12.1. The lowest BCUT2D eigenvalue weighted by molar-refractivity contribution is 0.301. The second-order valence-corrected chi connectivity index (χ2v) is 7.55. The molecule has 0 aliphatic heterocycles. The van der Waals surface area contributed by atoms with Crippen molar-refractivity contribution in [2.24, 2.45) is 0 Å². The molecule has 0 unspecified atom stereocenters. The number of aromatic nitrogens is 2. The van der Waals surface area contributed by atoms with Crippen LogP contribution >= 0.6 is 23.2 Å². The van der Waals surface area contributed by atoms with E-state index in [1.165, 1.54) is 0 Å². The minimum Gasteiger partial charge on any atom is -0.494 e. The van der Waals surface area contributed by atoms with Gasteiger partial charge >= 0.3 is 0 Å². The van der Waals surface area contributed by atoms with E-state index >= 15 is 0 Å². The minimum absolute atomic E-state index is 0.0557. The van der Waals surface area contributed by atoms with E-state index < -0.39 is 12.5 Å². The largest absolute Gasteiger partial charge is 0.494 e. The van der Waals surface area contributed by atoms with Gasteiger partial charge in [-0.05, 0) is 53.1 Å². The van der Waals surface area contributed by atoms with Crippen molar-refractivity contribution in [3.63, 3.8) is 0 Å². The van der Waals surface area contributed by atoms with Crippen LogP contribution in [-0.4, -0.2) is 17.0 Å². The van der Waals surface area contributed by atoms with Gasteiger partial charge in [-0.1, -0.05) is 37.6 Å². The summed E-state index contributed by atoms with van der Waals surface area (Å²) in [5.74, 6) is 0.499. The van der Waals surface area contributed by atoms with E-state index in [4.69, 9.17) is 36.8 Å². The molecule has 29 heavy (non-hydrogen) atoms. The Hall–Kier alpha value is -2.81. The molecule has 0 saturated heterocycles. The van der Waals surface area contributed by atoms with Crippen molar-refractivity contribution in [1.29, 1.82) is 5.26 Å². The third-order valence-electron chi connectivity index (χ3n) is 4.63. The topological polar surface area (TPSA) is 68.0 Å². The highest BCUT2D eigenvalue weighted by Crippen LogP contribution is 2.38. The zero-order valence-corrected chi connectivity index (χ0v) is 17.3. The van der Waals surface area contributed by atoms with Crippen LogP contribution in [0.3, 0.4) is 0 Å². The Morgan fingerprint density at radius 1 is 1.14 bits per heavy atom. The summed E-state index contributed by atoms with van der Waals surface area (Å²) in [6.07, 6.45) is 1.56. The van der Waals surface area contributed by atoms with Crippen LogP contribution < -0.4 is 9.47 Å². The monoisotopic (exact) mass is 430 g/mol. The van der Waals surface area contributed by atoms with Gasteiger partial charge < -0.3 is 9.47 Å². The van der Waals surface area contributed by atoms with E-state index in [9.17, 15) is 5.26 Å². The lowest BCUT2D eigenvalue weighted by Crippen LogP contribution is -2.19. The quantitative estimate of drug-likeness (QED) is 0.478. The molecule has 0 saturated carbocycles. The molecule has 1 aromatic heterocycles. The smallest absolute Gasteiger partial charge is 0.222 e. The average Bonchev–Trinajstić information content (AvgIpc) is 2.73. The van der Waals surface area contributed by atoms with Gasteiger partial charge in [0.05, 0.1) is 27.4 Å². The summed E-state index contributed by atoms with van der Waals surface area (Å²) in [5.41, 5.74) is 1.86. The van der Waals surface area contributed by atoms with Crippen molar-refractivity contribution >= 4 is 23.2 Å². The van der Waals surface area contributed by atoms with Crippen molar-refractivity contribution < 1.29 is 13.6 Å². The third kappa shape index (κ3) is 4.61. The fourth-order valence-corrected chi connectivity index (χ4v) is 3.31. The fraction of sp³-hybridized carbons (Fsp3) is 0.227. The van der Waals surface area contributed by atoms with E-state index in [1.807, 2.05) is 44.2 Å². The van der Waals surface area contributed by atoms with Crippen molar-refractivity contribution in [2.45, 2.75) is 25.9 Å². The maximum absolute atomic E-state index is 9.50. The molecule has 1 heterocycles. The summed E-state index contributed by atoms with van der Waals surface area (Å²) in [6, 6.07) is 14.4. The van der Waals surface area contributed by atoms with Gasteiger partial charge in [0, 0.05) is 11.6 Å². The molecular formula is C22H19Cl2N3O2. The Balaban J connectivity index is 1.83. The van der Waals surface area contributed by atoms with Crippen molar-refractivity contribution in [1.82, 2.24) is 9.97 Å². The van der Waals surface area contributed by atoms with Crippen LogP contribution in [0.2, 0.25) is 10.3 Å². The molecule has 0 atom stereocenters. The van der Waals surface area contributed by atoms with Gasteiger partial charge in [0.25, 0.3) is 0 Å². The Kier molecular flexibility index (Phi) is 5.12. The van der Waals surface area contributed by atoms with Gasteiger partial charge in [0.1, 0.15) is 18.4 Å². The molecule has 148 valence electrons. The molecule has 0 radical (unpaired) electrons. The van der Waals surface area contributed by atoms with Gasteiger partial charge in [0.15, 0.2) is 5.75 Å². The summed E-state index contributed by atoms with van der Waals surface area (Å²) < 4.78 is 32.5. The summed E-state index contributed by atoms with van der Waals surface area (Å²) in [4.78, 5) is 7.92. The number of hydrogen-bond donors (Lipinski definition) is 0. The molecule has 0 N–H and O–H groups in total. The molecule has 3 aromatic rings. The van der Waals surface area contributed by atoms with Gasteiger partial charge in [-0.25, -0.2) is 9.97 Å². The first-order valence-electron chi connectivity index (χ1n) is 10.1.